The summed E-state index contributed by atoms with van der Waals surface area (Å²) < 4.78 is 4.73. The lowest BCUT2D eigenvalue weighted by atomic mass is 10.1. The molecule has 1 saturated heterocycles. The highest BCUT2D eigenvalue weighted by atomic mass is 16.5. The lowest BCUT2D eigenvalue weighted by Crippen LogP contribution is -2.33. The van der Waals surface area contributed by atoms with E-state index in [0.717, 1.165) is 12.2 Å². The summed E-state index contributed by atoms with van der Waals surface area (Å²) in [6.07, 6.45) is 2.59. The fraction of sp³-hybridized carbons (Fsp3) is 0.533. The summed E-state index contributed by atoms with van der Waals surface area (Å²) in [5.74, 6) is -0.404. The zero-order chi connectivity index (χ0) is 14.5. The maximum Gasteiger partial charge on any atom is 0.340 e. The van der Waals surface area contributed by atoms with Gasteiger partial charge in [0, 0.05) is 24.0 Å². The van der Waals surface area contributed by atoms with Crippen molar-refractivity contribution in [3.05, 3.63) is 23.8 Å². The first-order valence-electron chi connectivity index (χ1n) is 7.07. The zero-order valence-electron chi connectivity index (χ0n) is 12.2. The van der Waals surface area contributed by atoms with Crippen molar-refractivity contribution >= 4 is 17.3 Å². The molecule has 5 heteroatoms. The monoisotopic (exact) mass is 277 g/mol. The van der Waals surface area contributed by atoms with Crippen LogP contribution in [0, 0.1) is 0 Å². The topological polar surface area (TPSA) is 67.6 Å². The number of nitrogens with two attached hydrogens (primary N) is 1. The molecule has 1 aromatic rings. The van der Waals surface area contributed by atoms with E-state index in [2.05, 4.69) is 17.1 Å². The van der Waals surface area contributed by atoms with E-state index in [1.54, 1.807) is 12.1 Å². The van der Waals surface area contributed by atoms with Crippen LogP contribution in [0.15, 0.2) is 18.2 Å². The maximum absolute atomic E-state index is 11.6. The Morgan fingerprint density at radius 2 is 2.15 bits per heavy atom. The summed E-state index contributed by atoms with van der Waals surface area (Å²) in [5.41, 5.74) is 7.53. The highest BCUT2D eigenvalue weighted by molar-refractivity contribution is 5.96. The average Bonchev–Trinajstić information content (AvgIpc) is 2.92. The average molecular weight is 277 g/mol. The number of esters is 1. The SMILES string of the molecule is COC(=O)c1cc(NC(C)CN2CCCC2)ccc1N. The van der Waals surface area contributed by atoms with Crippen molar-refractivity contribution < 1.29 is 9.53 Å². The molecular formula is C15H23N3O2. The van der Waals surface area contributed by atoms with E-state index in [0.29, 0.717) is 17.3 Å². The molecule has 1 atom stereocenters. The quantitative estimate of drug-likeness (QED) is 0.636. The molecule has 0 radical (unpaired) electrons. The Kier molecular flexibility index (Phi) is 4.84. The molecule has 1 fully saturated rings. The number of nitrogen functional groups attached to an aromatic ring is 1. The van der Waals surface area contributed by atoms with Gasteiger partial charge in [0.05, 0.1) is 12.7 Å². The van der Waals surface area contributed by atoms with E-state index in [1.807, 2.05) is 6.07 Å². The standard InChI is InChI=1S/C15H23N3O2/c1-11(10-18-7-3-4-8-18)17-12-5-6-14(16)13(9-12)15(19)20-2/h5-6,9,11,17H,3-4,7-8,10,16H2,1-2H3. The minimum Gasteiger partial charge on any atom is -0.465 e. The first kappa shape index (κ1) is 14.7. The summed E-state index contributed by atoms with van der Waals surface area (Å²) in [4.78, 5) is 14.1. The Hall–Kier alpha value is -1.75. The molecule has 0 bridgehead atoms. The molecule has 0 saturated carbocycles. The van der Waals surface area contributed by atoms with E-state index >= 15 is 0 Å². The lowest BCUT2D eigenvalue weighted by Gasteiger charge is -2.22. The number of benzene rings is 1. The van der Waals surface area contributed by atoms with Crippen LogP contribution in [0.2, 0.25) is 0 Å². The number of methoxy groups -OCH3 is 1. The number of anilines is 2. The van der Waals surface area contributed by atoms with Crippen LogP contribution in [0.25, 0.3) is 0 Å². The van der Waals surface area contributed by atoms with E-state index in [1.165, 1.54) is 33.0 Å². The van der Waals surface area contributed by atoms with Gasteiger partial charge in [0.25, 0.3) is 0 Å². The number of carbonyl (C=O) groups is 1. The minimum atomic E-state index is -0.404. The molecule has 0 spiro atoms. The van der Waals surface area contributed by atoms with Crippen LogP contribution in [-0.4, -0.2) is 43.7 Å². The highest BCUT2D eigenvalue weighted by Crippen LogP contribution is 2.20. The second kappa shape index (κ2) is 6.61. The van der Waals surface area contributed by atoms with E-state index in [4.69, 9.17) is 10.5 Å². The molecule has 1 aromatic carbocycles. The number of hydrogen-bond donors (Lipinski definition) is 2. The number of ether oxygens (including phenoxy) is 1. The first-order valence-corrected chi connectivity index (χ1v) is 7.07. The molecule has 0 aromatic heterocycles. The highest BCUT2D eigenvalue weighted by Gasteiger charge is 2.15. The molecule has 110 valence electrons. The minimum absolute atomic E-state index is 0.322. The third-order valence-electron chi connectivity index (χ3n) is 3.60. The van der Waals surface area contributed by atoms with Crippen LogP contribution >= 0.6 is 0 Å². The third kappa shape index (κ3) is 3.63. The molecule has 20 heavy (non-hydrogen) atoms. The molecule has 3 N–H and O–H groups in total. The number of nitrogens with zero attached hydrogens (tertiary/aromatic N) is 1. The molecule has 2 rings (SSSR count). The van der Waals surface area contributed by atoms with Gasteiger partial charge in [0.1, 0.15) is 0 Å². The van der Waals surface area contributed by atoms with E-state index < -0.39 is 5.97 Å². The van der Waals surface area contributed by atoms with Crippen molar-refractivity contribution in [3.63, 3.8) is 0 Å². The largest absolute Gasteiger partial charge is 0.465 e. The number of rotatable bonds is 5. The van der Waals surface area contributed by atoms with Gasteiger partial charge in [-0.25, -0.2) is 4.79 Å². The van der Waals surface area contributed by atoms with Gasteiger partial charge in [-0.15, -0.1) is 0 Å². The summed E-state index contributed by atoms with van der Waals surface area (Å²) in [7, 11) is 1.36. The van der Waals surface area contributed by atoms with Gasteiger partial charge in [-0.3, -0.25) is 0 Å². The summed E-state index contributed by atoms with van der Waals surface area (Å²) in [6.45, 7) is 5.52. The number of nitrogens with one attached hydrogen (secondary N) is 1. The van der Waals surface area contributed by atoms with E-state index in [-0.39, 0.29) is 0 Å². The predicted molar refractivity (Wildman–Crippen MR) is 81.0 cm³/mol. The summed E-state index contributed by atoms with van der Waals surface area (Å²) in [5, 5.41) is 3.41. The fourth-order valence-corrected chi connectivity index (χ4v) is 2.62. The molecule has 1 heterocycles. The Morgan fingerprint density at radius 3 is 2.80 bits per heavy atom. The van der Waals surface area contributed by atoms with Crippen LogP contribution in [0.3, 0.4) is 0 Å². The Bertz CT molecular complexity index is 470. The van der Waals surface area contributed by atoms with Gasteiger partial charge in [-0.2, -0.15) is 0 Å². The van der Waals surface area contributed by atoms with Crippen molar-refractivity contribution in [3.8, 4) is 0 Å². The summed E-state index contributed by atoms with van der Waals surface area (Å²) in [6, 6.07) is 5.70. The smallest absolute Gasteiger partial charge is 0.340 e. The zero-order valence-corrected chi connectivity index (χ0v) is 12.2. The Labute approximate surface area is 120 Å². The van der Waals surface area contributed by atoms with Gasteiger partial charge in [0.15, 0.2) is 0 Å². The maximum atomic E-state index is 11.6. The fourth-order valence-electron chi connectivity index (χ4n) is 2.62. The number of carbonyl (C=O) groups excluding carboxylic acids is 1. The van der Waals surface area contributed by atoms with Crippen LogP contribution in [0.1, 0.15) is 30.1 Å². The second-order valence-corrected chi connectivity index (χ2v) is 5.35. The van der Waals surface area contributed by atoms with E-state index in [9.17, 15) is 4.79 Å². The van der Waals surface area contributed by atoms with Gasteiger partial charge in [-0.05, 0) is 51.1 Å². The van der Waals surface area contributed by atoms with Crippen LogP contribution in [0.5, 0.6) is 0 Å². The Morgan fingerprint density at radius 1 is 1.45 bits per heavy atom. The summed E-state index contributed by atoms with van der Waals surface area (Å²) >= 11 is 0. The van der Waals surface area contributed by atoms with Crippen LogP contribution in [0.4, 0.5) is 11.4 Å². The molecule has 1 aliphatic heterocycles. The third-order valence-corrected chi connectivity index (χ3v) is 3.60. The van der Waals surface area contributed by atoms with Gasteiger partial charge >= 0.3 is 5.97 Å². The molecule has 0 amide bonds. The van der Waals surface area contributed by atoms with Gasteiger partial charge < -0.3 is 20.7 Å². The van der Waals surface area contributed by atoms with Crippen LogP contribution < -0.4 is 11.1 Å². The first-order chi connectivity index (χ1) is 9.60. The lowest BCUT2D eigenvalue weighted by molar-refractivity contribution is 0.0602. The molecule has 1 unspecified atom stereocenters. The number of hydrogen-bond acceptors (Lipinski definition) is 5. The van der Waals surface area contributed by atoms with Crippen molar-refractivity contribution in [2.24, 2.45) is 0 Å². The molecular weight excluding hydrogens is 254 g/mol. The molecule has 1 aliphatic rings. The molecule has 0 aliphatic carbocycles. The van der Waals surface area contributed by atoms with Gasteiger partial charge in [0.2, 0.25) is 0 Å². The van der Waals surface area contributed by atoms with Crippen molar-refractivity contribution in [1.82, 2.24) is 4.90 Å². The Balaban J connectivity index is 1.99. The van der Waals surface area contributed by atoms with Gasteiger partial charge in [-0.1, -0.05) is 0 Å². The molecule has 5 nitrogen and oxygen atoms in total. The second-order valence-electron chi connectivity index (χ2n) is 5.35. The van der Waals surface area contributed by atoms with Crippen LogP contribution in [-0.2, 0) is 4.74 Å². The number of likely N-dealkylation sites (tertiary alicyclic amines) is 1. The van der Waals surface area contributed by atoms with Crippen molar-refractivity contribution in [2.45, 2.75) is 25.8 Å². The predicted octanol–water partition coefficient (Wildman–Crippen LogP) is 1.95. The van der Waals surface area contributed by atoms with Crippen molar-refractivity contribution in [1.29, 1.82) is 0 Å². The normalized spacial score (nSPS) is 16.9. The van der Waals surface area contributed by atoms with Crippen molar-refractivity contribution in [2.75, 3.05) is 37.8 Å².